The number of rotatable bonds is 7. The Bertz CT molecular complexity index is 899. The fraction of sp³-hybridized carbons (Fsp3) is 0.261. The lowest BCUT2D eigenvalue weighted by atomic mass is 9.85. The van der Waals surface area contributed by atoms with E-state index in [9.17, 15) is 9.90 Å². The molecule has 1 N–H and O–H groups in total. The third kappa shape index (κ3) is 4.61. The van der Waals surface area contributed by atoms with E-state index >= 15 is 0 Å². The van der Waals surface area contributed by atoms with Crippen molar-refractivity contribution < 1.29 is 14.3 Å². The van der Waals surface area contributed by atoms with Crippen molar-refractivity contribution in [2.75, 3.05) is 0 Å². The van der Waals surface area contributed by atoms with Crippen LogP contribution in [0.4, 0.5) is 0 Å². The van der Waals surface area contributed by atoms with Gasteiger partial charge in [-0.25, -0.2) is 0 Å². The predicted molar refractivity (Wildman–Crippen MR) is 107 cm³/mol. The first-order valence-corrected chi connectivity index (χ1v) is 9.43. The van der Waals surface area contributed by atoms with Gasteiger partial charge in [0, 0.05) is 11.4 Å². The van der Waals surface area contributed by atoms with Gasteiger partial charge < -0.3 is 9.52 Å². The highest BCUT2D eigenvalue weighted by molar-refractivity contribution is 6.32. The minimum absolute atomic E-state index is 0.0234. The van der Waals surface area contributed by atoms with Gasteiger partial charge in [0.25, 0.3) is 0 Å². The molecule has 0 bridgehead atoms. The second-order valence-corrected chi connectivity index (χ2v) is 7.51. The van der Waals surface area contributed by atoms with Crippen LogP contribution in [0.2, 0.25) is 5.02 Å². The molecular weight excluding hydrogens is 360 g/mol. The van der Waals surface area contributed by atoms with Gasteiger partial charge in [0.15, 0.2) is 0 Å². The van der Waals surface area contributed by atoms with Crippen LogP contribution in [-0.2, 0) is 17.6 Å². The highest BCUT2D eigenvalue weighted by atomic mass is 35.5. The Labute approximate surface area is 164 Å². The summed E-state index contributed by atoms with van der Waals surface area (Å²) in [6.45, 7) is 3.85. The molecule has 3 aromatic rings. The lowest BCUT2D eigenvalue weighted by Crippen LogP contribution is -2.18. The van der Waals surface area contributed by atoms with Crippen LogP contribution in [-0.4, -0.2) is 11.1 Å². The van der Waals surface area contributed by atoms with Gasteiger partial charge in [-0.05, 0) is 46.7 Å². The Balaban J connectivity index is 2.07. The van der Waals surface area contributed by atoms with Gasteiger partial charge in [-0.1, -0.05) is 67.9 Å². The smallest absolute Gasteiger partial charge is 0.311 e. The van der Waals surface area contributed by atoms with Gasteiger partial charge in [-0.2, -0.15) is 0 Å². The number of aliphatic carboxylic acids is 1. The number of benzene rings is 2. The molecule has 3 rings (SSSR count). The molecule has 1 aromatic heterocycles. The Morgan fingerprint density at radius 2 is 1.70 bits per heavy atom. The summed E-state index contributed by atoms with van der Waals surface area (Å²) in [5.41, 5.74) is 3.75. The molecule has 0 spiro atoms. The van der Waals surface area contributed by atoms with Crippen LogP contribution in [0.5, 0.6) is 0 Å². The molecule has 1 atom stereocenters. The molecule has 0 aliphatic rings. The standard InChI is InChI=1S/C23H23ClO3/c1-15(2)21(23(25)26)17-12-18(11-16-7-4-3-5-8-16)22(24)19(13-17)14-20-9-6-10-27-20/h3-10,12-13,15,21H,11,14H2,1-2H3,(H,25,26). The first-order valence-electron chi connectivity index (χ1n) is 9.06. The molecule has 27 heavy (non-hydrogen) atoms. The van der Waals surface area contributed by atoms with Gasteiger partial charge >= 0.3 is 5.97 Å². The average molecular weight is 383 g/mol. The quantitative estimate of drug-likeness (QED) is 0.550. The molecule has 1 unspecified atom stereocenters. The van der Waals surface area contributed by atoms with Gasteiger partial charge in [-0.3, -0.25) is 4.79 Å². The van der Waals surface area contributed by atoms with Gasteiger partial charge in [-0.15, -0.1) is 0 Å². The number of hydrogen-bond acceptors (Lipinski definition) is 2. The van der Waals surface area contributed by atoms with E-state index in [1.165, 1.54) is 0 Å². The zero-order valence-electron chi connectivity index (χ0n) is 15.5. The monoisotopic (exact) mass is 382 g/mol. The first kappa shape index (κ1) is 19.2. The molecule has 0 aliphatic heterocycles. The molecule has 0 saturated heterocycles. The highest BCUT2D eigenvalue weighted by Crippen LogP contribution is 2.33. The topological polar surface area (TPSA) is 50.4 Å². The van der Waals surface area contributed by atoms with E-state index < -0.39 is 11.9 Å². The van der Waals surface area contributed by atoms with E-state index in [1.54, 1.807) is 6.26 Å². The Hall–Kier alpha value is -2.52. The molecule has 0 amide bonds. The van der Waals surface area contributed by atoms with Crippen molar-refractivity contribution in [3.05, 3.63) is 93.9 Å². The van der Waals surface area contributed by atoms with E-state index in [1.807, 2.05) is 68.4 Å². The van der Waals surface area contributed by atoms with Crippen molar-refractivity contribution in [3.63, 3.8) is 0 Å². The third-order valence-electron chi connectivity index (χ3n) is 4.72. The zero-order chi connectivity index (χ0) is 19.4. The van der Waals surface area contributed by atoms with E-state index in [0.717, 1.165) is 28.0 Å². The molecule has 2 aromatic carbocycles. The fourth-order valence-corrected chi connectivity index (χ4v) is 3.69. The molecule has 0 saturated carbocycles. The molecule has 4 heteroatoms. The van der Waals surface area contributed by atoms with Gasteiger partial charge in [0.05, 0.1) is 12.2 Å². The number of furan rings is 1. The fourth-order valence-electron chi connectivity index (χ4n) is 3.44. The number of carbonyl (C=O) groups is 1. The van der Waals surface area contributed by atoms with Gasteiger partial charge in [0.1, 0.15) is 5.76 Å². The molecular formula is C23H23ClO3. The predicted octanol–water partition coefficient (Wildman–Crippen LogP) is 5.94. The largest absolute Gasteiger partial charge is 0.481 e. The zero-order valence-corrected chi connectivity index (χ0v) is 16.2. The molecule has 0 radical (unpaired) electrons. The summed E-state index contributed by atoms with van der Waals surface area (Å²) in [5, 5.41) is 10.4. The van der Waals surface area contributed by atoms with E-state index in [4.69, 9.17) is 16.0 Å². The van der Waals surface area contributed by atoms with Crippen LogP contribution < -0.4 is 0 Å². The van der Waals surface area contributed by atoms with E-state index in [0.29, 0.717) is 17.9 Å². The second kappa shape index (κ2) is 8.45. The highest BCUT2D eigenvalue weighted by Gasteiger charge is 2.25. The molecule has 0 fully saturated rings. The van der Waals surface area contributed by atoms with Crippen molar-refractivity contribution >= 4 is 17.6 Å². The SMILES string of the molecule is CC(C)C(C(=O)O)c1cc(Cc2ccccc2)c(Cl)c(Cc2ccco2)c1. The lowest BCUT2D eigenvalue weighted by Gasteiger charge is -2.20. The second-order valence-electron chi connectivity index (χ2n) is 7.13. The van der Waals surface area contributed by atoms with Crippen molar-refractivity contribution in [2.24, 2.45) is 5.92 Å². The number of carboxylic acids is 1. The first-order chi connectivity index (χ1) is 13.0. The third-order valence-corrected chi connectivity index (χ3v) is 5.21. The maximum Gasteiger partial charge on any atom is 0.311 e. The Kier molecular flexibility index (Phi) is 6.02. The minimum atomic E-state index is -0.818. The van der Waals surface area contributed by atoms with Crippen LogP contribution in [0.25, 0.3) is 0 Å². The van der Waals surface area contributed by atoms with Gasteiger partial charge in [0.2, 0.25) is 0 Å². The van der Waals surface area contributed by atoms with Crippen LogP contribution >= 0.6 is 11.6 Å². The summed E-state index contributed by atoms with van der Waals surface area (Å²) in [4.78, 5) is 11.9. The Morgan fingerprint density at radius 1 is 1.04 bits per heavy atom. The Morgan fingerprint density at radius 3 is 2.26 bits per heavy atom. The molecule has 1 heterocycles. The van der Waals surface area contributed by atoms with Crippen molar-refractivity contribution in [3.8, 4) is 0 Å². The average Bonchev–Trinajstić information content (AvgIpc) is 3.12. The molecule has 0 aliphatic carbocycles. The van der Waals surface area contributed by atoms with Crippen molar-refractivity contribution in [1.29, 1.82) is 0 Å². The van der Waals surface area contributed by atoms with Crippen molar-refractivity contribution in [2.45, 2.75) is 32.6 Å². The summed E-state index contributed by atoms with van der Waals surface area (Å²) in [5.74, 6) is -0.616. The van der Waals surface area contributed by atoms with Crippen LogP contribution in [0.15, 0.2) is 65.3 Å². The summed E-state index contributed by atoms with van der Waals surface area (Å²) >= 11 is 6.72. The number of carboxylic acid groups (broad SMARTS) is 1. The summed E-state index contributed by atoms with van der Waals surface area (Å²) in [7, 11) is 0. The number of halogens is 1. The van der Waals surface area contributed by atoms with E-state index in [-0.39, 0.29) is 5.92 Å². The summed E-state index contributed by atoms with van der Waals surface area (Å²) < 4.78 is 5.47. The normalized spacial score (nSPS) is 12.3. The lowest BCUT2D eigenvalue weighted by molar-refractivity contribution is -0.139. The summed E-state index contributed by atoms with van der Waals surface area (Å²) in [6, 6.07) is 17.7. The molecule has 3 nitrogen and oxygen atoms in total. The van der Waals surface area contributed by atoms with Crippen molar-refractivity contribution in [1.82, 2.24) is 0 Å². The van der Waals surface area contributed by atoms with Crippen LogP contribution in [0, 0.1) is 5.92 Å². The van der Waals surface area contributed by atoms with Crippen LogP contribution in [0.3, 0.4) is 0 Å². The maximum absolute atomic E-state index is 11.9. The van der Waals surface area contributed by atoms with E-state index in [2.05, 4.69) is 0 Å². The maximum atomic E-state index is 11.9. The number of hydrogen-bond donors (Lipinski definition) is 1. The van der Waals surface area contributed by atoms with Crippen LogP contribution in [0.1, 0.15) is 47.8 Å². The minimum Gasteiger partial charge on any atom is -0.481 e. The summed E-state index contributed by atoms with van der Waals surface area (Å²) in [6.07, 6.45) is 2.82. The molecule has 140 valence electrons.